The highest BCUT2D eigenvalue weighted by atomic mass is 16.5. The number of carbonyl (C=O) groups is 1. The van der Waals surface area contributed by atoms with Crippen LogP contribution in [0.2, 0.25) is 0 Å². The fraction of sp³-hybridized carbons (Fsp3) is 0.435. The first-order valence-electron chi connectivity index (χ1n) is 10.1. The van der Waals surface area contributed by atoms with Crippen molar-refractivity contribution < 1.29 is 9.53 Å². The van der Waals surface area contributed by atoms with Crippen molar-refractivity contribution in [2.75, 3.05) is 39.4 Å². The summed E-state index contributed by atoms with van der Waals surface area (Å²) in [6.45, 7) is 5.37. The van der Waals surface area contributed by atoms with Gasteiger partial charge in [-0.2, -0.15) is 0 Å². The standard InChI is InChI=1S/C23H28N2O2/c26-23(22-12-5-4-11-21(22)19-8-2-1-3-9-19)25-13-7-6-10-20(25)18-24-14-16-27-17-15-24/h1-5,8-9,11-12,20H,6-7,10,13-18H2/t20-/m0/s1. The fourth-order valence-electron chi connectivity index (χ4n) is 4.23. The van der Waals surface area contributed by atoms with E-state index in [9.17, 15) is 4.79 Å². The van der Waals surface area contributed by atoms with Crippen molar-refractivity contribution in [2.45, 2.75) is 25.3 Å². The second-order valence-electron chi connectivity index (χ2n) is 7.47. The van der Waals surface area contributed by atoms with Crippen LogP contribution in [0.1, 0.15) is 29.6 Å². The van der Waals surface area contributed by atoms with Gasteiger partial charge in [0.15, 0.2) is 0 Å². The number of nitrogens with zero attached hydrogens (tertiary/aromatic N) is 2. The number of likely N-dealkylation sites (tertiary alicyclic amines) is 1. The summed E-state index contributed by atoms with van der Waals surface area (Å²) < 4.78 is 5.48. The summed E-state index contributed by atoms with van der Waals surface area (Å²) in [4.78, 5) is 18.1. The van der Waals surface area contributed by atoms with Crippen LogP contribution < -0.4 is 0 Å². The van der Waals surface area contributed by atoms with Crippen molar-refractivity contribution in [2.24, 2.45) is 0 Å². The third kappa shape index (κ3) is 4.23. The Morgan fingerprint density at radius 3 is 2.48 bits per heavy atom. The SMILES string of the molecule is O=C(c1ccccc1-c1ccccc1)N1CCCC[C@H]1CN1CCOCC1. The summed E-state index contributed by atoms with van der Waals surface area (Å²) in [6, 6.07) is 18.5. The summed E-state index contributed by atoms with van der Waals surface area (Å²) in [5.74, 6) is 0.174. The van der Waals surface area contributed by atoms with Gasteiger partial charge in [-0.25, -0.2) is 0 Å². The molecular weight excluding hydrogens is 336 g/mol. The molecule has 142 valence electrons. The van der Waals surface area contributed by atoms with E-state index in [1.165, 1.54) is 6.42 Å². The highest BCUT2D eigenvalue weighted by molar-refractivity contribution is 6.01. The molecule has 27 heavy (non-hydrogen) atoms. The largest absolute Gasteiger partial charge is 0.379 e. The second kappa shape index (κ2) is 8.68. The molecule has 2 heterocycles. The predicted octanol–water partition coefficient (Wildman–Crippen LogP) is 3.68. The Kier molecular flexibility index (Phi) is 5.85. The van der Waals surface area contributed by atoms with Crippen molar-refractivity contribution in [3.05, 3.63) is 60.2 Å². The summed E-state index contributed by atoms with van der Waals surface area (Å²) in [5.41, 5.74) is 2.94. The molecule has 0 bridgehead atoms. The molecule has 2 aromatic carbocycles. The minimum Gasteiger partial charge on any atom is -0.379 e. The van der Waals surface area contributed by atoms with Gasteiger partial charge < -0.3 is 9.64 Å². The number of benzene rings is 2. The lowest BCUT2D eigenvalue weighted by atomic mass is 9.96. The third-order valence-electron chi connectivity index (χ3n) is 5.70. The Balaban J connectivity index is 1.57. The van der Waals surface area contributed by atoms with E-state index in [0.717, 1.165) is 68.9 Å². The monoisotopic (exact) mass is 364 g/mol. The highest BCUT2D eigenvalue weighted by Gasteiger charge is 2.30. The molecule has 0 saturated carbocycles. The normalized spacial score (nSPS) is 21.2. The van der Waals surface area contributed by atoms with E-state index in [2.05, 4.69) is 28.0 Å². The lowest BCUT2D eigenvalue weighted by Gasteiger charge is -2.40. The molecule has 0 radical (unpaired) electrons. The minimum atomic E-state index is 0.174. The summed E-state index contributed by atoms with van der Waals surface area (Å²) >= 11 is 0. The second-order valence-corrected chi connectivity index (χ2v) is 7.47. The molecule has 0 aliphatic carbocycles. The maximum Gasteiger partial charge on any atom is 0.254 e. The van der Waals surface area contributed by atoms with Crippen molar-refractivity contribution in [1.82, 2.24) is 9.80 Å². The van der Waals surface area contributed by atoms with Gasteiger partial charge in [0.25, 0.3) is 5.91 Å². The van der Waals surface area contributed by atoms with Gasteiger partial charge in [-0.1, -0.05) is 48.5 Å². The van der Waals surface area contributed by atoms with E-state index in [1.807, 2.05) is 36.4 Å². The molecule has 2 aliphatic heterocycles. The highest BCUT2D eigenvalue weighted by Crippen LogP contribution is 2.27. The van der Waals surface area contributed by atoms with E-state index in [4.69, 9.17) is 4.74 Å². The maximum absolute atomic E-state index is 13.5. The summed E-state index contributed by atoms with van der Waals surface area (Å²) in [6.07, 6.45) is 3.40. The van der Waals surface area contributed by atoms with Crippen LogP contribution in [0.4, 0.5) is 0 Å². The molecule has 2 aliphatic rings. The zero-order valence-corrected chi connectivity index (χ0v) is 15.8. The molecule has 0 spiro atoms. The molecule has 4 heteroatoms. The first kappa shape index (κ1) is 18.2. The predicted molar refractivity (Wildman–Crippen MR) is 108 cm³/mol. The summed E-state index contributed by atoms with van der Waals surface area (Å²) in [5, 5.41) is 0. The number of rotatable bonds is 4. The maximum atomic E-state index is 13.5. The van der Waals surface area contributed by atoms with Crippen LogP contribution in [0.25, 0.3) is 11.1 Å². The number of ether oxygens (including phenoxy) is 1. The number of morpholine rings is 1. The first-order chi connectivity index (χ1) is 13.3. The molecule has 2 saturated heterocycles. The zero-order chi connectivity index (χ0) is 18.5. The van der Waals surface area contributed by atoms with E-state index in [-0.39, 0.29) is 5.91 Å². The fourth-order valence-corrected chi connectivity index (χ4v) is 4.23. The van der Waals surface area contributed by atoms with Gasteiger partial charge in [0.2, 0.25) is 0 Å². The van der Waals surface area contributed by atoms with Crippen molar-refractivity contribution in [3.63, 3.8) is 0 Å². The smallest absolute Gasteiger partial charge is 0.254 e. The quantitative estimate of drug-likeness (QED) is 0.830. The van der Waals surface area contributed by atoms with Crippen LogP contribution in [-0.2, 0) is 4.74 Å². The molecule has 2 aromatic rings. The van der Waals surface area contributed by atoms with E-state index < -0.39 is 0 Å². The average Bonchev–Trinajstić information content (AvgIpc) is 2.75. The van der Waals surface area contributed by atoms with Crippen LogP contribution in [-0.4, -0.2) is 61.1 Å². The third-order valence-corrected chi connectivity index (χ3v) is 5.70. The van der Waals surface area contributed by atoms with Crippen LogP contribution >= 0.6 is 0 Å². The number of carbonyl (C=O) groups excluding carboxylic acids is 1. The number of hydrogen-bond acceptors (Lipinski definition) is 3. The molecule has 1 atom stereocenters. The van der Waals surface area contributed by atoms with E-state index in [1.54, 1.807) is 0 Å². The van der Waals surface area contributed by atoms with Gasteiger partial charge in [0.1, 0.15) is 0 Å². The van der Waals surface area contributed by atoms with E-state index >= 15 is 0 Å². The van der Waals surface area contributed by atoms with Gasteiger partial charge in [0, 0.05) is 37.8 Å². The van der Waals surface area contributed by atoms with Gasteiger partial charge in [-0.3, -0.25) is 9.69 Å². The molecular formula is C23H28N2O2. The van der Waals surface area contributed by atoms with Gasteiger partial charge in [-0.05, 0) is 36.5 Å². The Hall–Kier alpha value is -2.17. The topological polar surface area (TPSA) is 32.8 Å². The molecule has 0 N–H and O–H groups in total. The van der Waals surface area contributed by atoms with Crippen LogP contribution in [0, 0.1) is 0 Å². The van der Waals surface area contributed by atoms with Crippen LogP contribution in [0.3, 0.4) is 0 Å². The van der Waals surface area contributed by atoms with Crippen molar-refractivity contribution in [1.29, 1.82) is 0 Å². The van der Waals surface area contributed by atoms with Crippen molar-refractivity contribution in [3.8, 4) is 11.1 Å². The van der Waals surface area contributed by atoms with Crippen LogP contribution in [0.5, 0.6) is 0 Å². The molecule has 4 nitrogen and oxygen atoms in total. The van der Waals surface area contributed by atoms with E-state index in [0.29, 0.717) is 6.04 Å². The molecule has 4 rings (SSSR count). The van der Waals surface area contributed by atoms with Gasteiger partial charge in [0.05, 0.1) is 13.2 Å². The molecule has 1 amide bonds. The minimum absolute atomic E-state index is 0.174. The van der Waals surface area contributed by atoms with Crippen LogP contribution in [0.15, 0.2) is 54.6 Å². The van der Waals surface area contributed by atoms with Gasteiger partial charge >= 0.3 is 0 Å². The first-order valence-corrected chi connectivity index (χ1v) is 10.1. The summed E-state index contributed by atoms with van der Waals surface area (Å²) in [7, 11) is 0. The Labute approximate surface area is 161 Å². The number of piperidine rings is 1. The molecule has 0 unspecified atom stereocenters. The average molecular weight is 364 g/mol. The Morgan fingerprint density at radius 1 is 0.926 bits per heavy atom. The Morgan fingerprint density at radius 2 is 1.67 bits per heavy atom. The lowest BCUT2D eigenvalue weighted by Crippen LogP contribution is -2.51. The van der Waals surface area contributed by atoms with Crippen molar-refractivity contribution >= 4 is 5.91 Å². The molecule has 0 aromatic heterocycles. The number of hydrogen-bond donors (Lipinski definition) is 0. The Bertz CT molecular complexity index is 756. The molecule has 2 fully saturated rings. The van der Waals surface area contributed by atoms with Gasteiger partial charge in [-0.15, -0.1) is 0 Å². The lowest BCUT2D eigenvalue weighted by molar-refractivity contribution is 0.0166. The number of amides is 1. The zero-order valence-electron chi connectivity index (χ0n) is 15.8.